The average Bonchev–Trinajstić information content (AvgIpc) is 2.80. The minimum absolute atomic E-state index is 0.125. The van der Waals surface area contributed by atoms with Crippen molar-refractivity contribution >= 4 is 17.3 Å². The first-order chi connectivity index (χ1) is 8.68. The van der Waals surface area contributed by atoms with Gasteiger partial charge >= 0.3 is 5.97 Å². The molecule has 0 amide bonds. The second-order valence-electron chi connectivity index (χ2n) is 4.76. The topological polar surface area (TPSA) is 38.3 Å². The highest BCUT2D eigenvalue weighted by atomic mass is 32.1. The standard InChI is InChI=1S/C14H23NO2S/c1-12(2)6-8-15-7-4-9-17-14(16)11-13-5-3-10-18-13/h3,5,10,12,15H,4,6-9,11H2,1-2H3. The van der Waals surface area contributed by atoms with E-state index in [2.05, 4.69) is 19.2 Å². The van der Waals surface area contributed by atoms with E-state index in [9.17, 15) is 4.79 Å². The summed E-state index contributed by atoms with van der Waals surface area (Å²) in [5, 5.41) is 5.32. The Hall–Kier alpha value is -0.870. The fourth-order valence-electron chi connectivity index (χ4n) is 1.51. The van der Waals surface area contributed by atoms with Crippen LogP contribution in [-0.2, 0) is 16.0 Å². The molecule has 3 nitrogen and oxygen atoms in total. The minimum atomic E-state index is -0.125. The number of nitrogens with one attached hydrogen (secondary N) is 1. The number of hydrogen-bond donors (Lipinski definition) is 1. The van der Waals surface area contributed by atoms with Crippen LogP contribution < -0.4 is 5.32 Å². The molecular formula is C14H23NO2S. The van der Waals surface area contributed by atoms with Gasteiger partial charge in [0.2, 0.25) is 0 Å². The molecule has 0 spiro atoms. The zero-order valence-electron chi connectivity index (χ0n) is 11.3. The van der Waals surface area contributed by atoms with Crippen LogP contribution in [0, 0.1) is 5.92 Å². The van der Waals surface area contributed by atoms with Crippen molar-refractivity contribution in [1.29, 1.82) is 0 Å². The largest absolute Gasteiger partial charge is 0.465 e. The lowest BCUT2D eigenvalue weighted by Crippen LogP contribution is -2.20. The molecule has 4 heteroatoms. The van der Waals surface area contributed by atoms with Gasteiger partial charge in [-0.1, -0.05) is 19.9 Å². The summed E-state index contributed by atoms with van der Waals surface area (Å²) in [5.74, 6) is 0.612. The molecule has 0 saturated heterocycles. The van der Waals surface area contributed by atoms with E-state index in [0.29, 0.717) is 13.0 Å². The Labute approximate surface area is 114 Å². The monoisotopic (exact) mass is 269 g/mol. The van der Waals surface area contributed by atoms with Gasteiger partial charge < -0.3 is 10.1 Å². The molecule has 0 aliphatic carbocycles. The summed E-state index contributed by atoms with van der Waals surface area (Å²) in [6.07, 6.45) is 2.48. The summed E-state index contributed by atoms with van der Waals surface area (Å²) in [4.78, 5) is 12.5. The quantitative estimate of drug-likeness (QED) is 0.553. The third-order valence-corrected chi connectivity index (χ3v) is 3.43. The van der Waals surface area contributed by atoms with Crippen LogP contribution in [0.5, 0.6) is 0 Å². The van der Waals surface area contributed by atoms with Crippen LogP contribution in [0.4, 0.5) is 0 Å². The van der Waals surface area contributed by atoms with E-state index in [-0.39, 0.29) is 5.97 Å². The van der Waals surface area contributed by atoms with Crippen molar-refractivity contribution in [2.45, 2.75) is 33.1 Å². The first-order valence-corrected chi connectivity index (χ1v) is 7.45. The van der Waals surface area contributed by atoms with Gasteiger partial charge in [0.05, 0.1) is 13.0 Å². The highest BCUT2D eigenvalue weighted by Crippen LogP contribution is 2.09. The molecule has 0 aromatic carbocycles. The Bertz CT molecular complexity index is 323. The molecule has 102 valence electrons. The van der Waals surface area contributed by atoms with Gasteiger partial charge in [0.1, 0.15) is 0 Å². The number of hydrogen-bond acceptors (Lipinski definition) is 4. The lowest BCUT2D eigenvalue weighted by Gasteiger charge is -2.07. The Morgan fingerprint density at radius 3 is 2.94 bits per heavy atom. The molecule has 0 bridgehead atoms. The Morgan fingerprint density at radius 1 is 1.44 bits per heavy atom. The van der Waals surface area contributed by atoms with Crippen LogP contribution >= 0.6 is 11.3 Å². The molecule has 0 unspecified atom stereocenters. The van der Waals surface area contributed by atoms with Gasteiger partial charge in [0.15, 0.2) is 0 Å². The van der Waals surface area contributed by atoms with Crippen molar-refractivity contribution < 1.29 is 9.53 Å². The van der Waals surface area contributed by atoms with E-state index < -0.39 is 0 Å². The van der Waals surface area contributed by atoms with E-state index in [1.54, 1.807) is 11.3 Å². The van der Waals surface area contributed by atoms with Gasteiger partial charge in [-0.3, -0.25) is 4.79 Å². The van der Waals surface area contributed by atoms with Crippen molar-refractivity contribution in [3.05, 3.63) is 22.4 Å². The summed E-state index contributed by atoms with van der Waals surface area (Å²) in [7, 11) is 0. The second-order valence-corrected chi connectivity index (χ2v) is 5.79. The molecule has 0 atom stereocenters. The first-order valence-electron chi connectivity index (χ1n) is 6.57. The molecule has 0 fully saturated rings. The molecular weight excluding hydrogens is 246 g/mol. The lowest BCUT2D eigenvalue weighted by atomic mass is 10.1. The van der Waals surface area contributed by atoms with E-state index in [0.717, 1.165) is 30.3 Å². The molecule has 1 N–H and O–H groups in total. The van der Waals surface area contributed by atoms with Gasteiger partial charge in [0, 0.05) is 4.88 Å². The minimum Gasteiger partial charge on any atom is -0.465 e. The van der Waals surface area contributed by atoms with Crippen molar-refractivity contribution in [2.75, 3.05) is 19.7 Å². The van der Waals surface area contributed by atoms with Gasteiger partial charge in [0.25, 0.3) is 0 Å². The van der Waals surface area contributed by atoms with Crippen LogP contribution in [0.3, 0.4) is 0 Å². The highest BCUT2D eigenvalue weighted by Gasteiger charge is 2.04. The van der Waals surface area contributed by atoms with Gasteiger partial charge in [-0.15, -0.1) is 11.3 Å². The van der Waals surface area contributed by atoms with Crippen molar-refractivity contribution in [1.82, 2.24) is 5.32 Å². The Kier molecular flexibility index (Phi) is 7.69. The van der Waals surface area contributed by atoms with Gasteiger partial charge in [-0.05, 0) is 43.3 Å². The predicted octanol–water partition coefficient (Wildman–Crippen LogP) is 2.86. The zero-order chi connectivity index (χ0) is 13.2. The van der Waals surface area contributed by atoms with Gasteiger partial charge in [-0.2, -0.15) is 0 Å². The molecule has 18 heavy (non-hydrogen) atoms. The Balaban J connectivity index is 1.93. The summed E-state index contributed by atoms with van der Waals surface area (Å²) in [6, 6.07) is 3.91. The first kappa shape index (κ1) is 15.2. The Morgan fingerprint density at radius 2 is 2.28 bits per heavy atom. The summed E-state index contributed by atoms with van der Waals surface area (Å²) in [6.45, 7) is 6.90. The second kappa shape index (κ2) is 9.11. The third kappa shape index (κ3) is 7.45. The average molecular weight is 269 g/mol. The number of rotatable bonds is 9. The van der Waals surface area contributed by atoms with Crippen LogP contribution in [0.2, 0.25) is 0 Å². The molecule has 1 aromatic rings. The van der Waals surface area contributed by atoms with E-state index in [1.165, 1.54) is 6.42 Å². The van der Waals surface area contributed by atoms with Gasteiger partial charge in [-0.25, -0.2) is 0 Å². The predicted molar refractivity (Wildman–Crippen MR) is 75.9 cm³/mol. The van der Waals surface area contributed by atoms with E-state index >= 15 is 0 Å². The summed E-state index contributed by atoms with van der Waals surface area (Å²) < 4.78 is 5.17. The number of thiophene rings is 1. The molecule has 1 aromatic heterocycles. The summed E-state index contributed by atoms with van der Waals surface area (Å²) in [5.41, 5.74) is 0. The third-order valence-electron chi connectivity index (χ3n) is 2.56. The molecule has 1 rings (SSSR count). The molecule has 0 radical (unpaired) electrons. The van der Waals surface area contributed by atoms with Crippen LogP contribution in [0.1, 0.15) is 31.6 Å². The van der Waals surface area contributed by atoms with Crippen molar-refractivity contribution in [3.63, 3.8) is 0 Å². The lowest BCUT2D eigenvalue weighted by molar-refractivity contribution is -0.142. The highest BCUT2D eigenvalue weighted by molar-refractivity contribution is 7.10. The maximum Gasteiger partial charge on any atom is 0.311 e. The van der Waals surface area contributed by atoms with Crippen LogP contribution in [0.15, 0.2) is 17.5 Å². The smallest absolute Gasteiger partial charge is 0.311 e. The van der Waals surface area contributed by atoms with Crippen LogP contribution in [-0.4, -0.2) is 25.7 Å². The number of ether oxygens (including phenoxy) is 1. The summed E-state index contributed by atoms with van der Waals surface area (Å²) >= 11 is 1.59. The van der Waals surface area contributed by atoms with Crippen molar-refractivity contribution in [2.24, 2.45) is 5.92 Å². The fourth-order valence-corrected chi connectivity index (χ4v) is 2.20. The molecule has 1 heterocycles. The normalized spacial score (nSPS) is 10.8. The molecule has 0 aliphatic rings. The molecule has 0 saturated carbocycles. The van der Waals surface area contributed by atoms with Crippen LogP contribution in [0.25, 0.3) is 0 Å². The SMILES string of the molecule is CC(C)CCNCCCOC(=O)Cc1cccs1. The number of carbonyl (C=O) groups is 1. The fraction of sp³-hybridized carbons (Fsp3) is 0.643. The number of esters is 1. The maximum atomic E-state index is 11.5. The van der Waals surface area contributed by atoms with E-state index in [1.807, 2.05) is 17.5 Å². The number of carbonyl (C=O) groups excluding carboxylic acids is 1. The molecule has 0 aliphatic heterocycles. The maximum absolute atomic E-state index is 11.5. The van der Waals surface area contributed by atoms with E-state index in [4.69, 9.17) is 4.74 Å². The zero-order valence-corrected chi connectivity index (χ0v) is 12.1. The van der Waals surface area contributed by atoms with Crippen molar-refractivity contribution in [3.8, 4) is 0 Å².